The number of benzene rings is 1. The molecular weight excluding hydrogens is 212 g/mol. The standard InChI is InChI=1S/C11H17ClN2O/c12-6-1-7-15-10-4-2-9(3-5-10)11(14)8-13/h2-5,11H,1,6-8,13-14H2/t11-/m0/s1. The Balaban J connectivity index is 2.49. The van der Waals surface area contributed by atoms with E-state index in [1.54, 1.807) is 0 Å². The van der Waals surface area contributed by atoms with Gasteiger partial charge in [-0.1, -0.05) is 12.1 Å². The number of halogens is 1. The fourth-order valence-electron chi connectivity index (χ4n) is 1.19. The molecule has 1 aromatic rings. The van der Waals surface area contributed by atoms with Crippen LogP contribution in [0.25, 0.3) is 0 Å². The zero-order chi connectivity index (χ0) is 11.1. The van der Waals surface area contributed by atoms with Gasteiger partial charge in [0, 0.05) is 18.5 Å². The van der Waals surface area contributed by atoms with E-state index in [9.17, 15) is 0 Å². The molecule has 0 unspecified atom stereocenters. The lowest BCUT2D eigenvalue weighted by atomic mass is 10.1. The summed E-state index contributed by atoms with van der Waals surface area (Å²) < 4.78 is 5.46. The van der Waals surface area contributed by atoms with Crippen molar-refractivity contribution in [1.29, 1.82) is 0 Å². The molecule has 0 saturated carbocycles. The summed E-state index contributed by atoms with van der Waals surface area (Å²) in [6.07, 6.45) is 0.853. The number of nitrogens with two attached hydrogens (primary N) is 2. The van der Waals surface area contributed by atoms with Gasteiger partial charge in [-0.25, -0.2) is 0 Å². The fraction of sp³-hybridized carbons (Fsp3) is 0.455. The van der Waals surface area contributed by atoms with Gasteiger partial charge in [0.2, 0.25) is 0 Å². The molecule has 1 atom stereocenters. The van der Waals surface area contributed by atoms with E-state index in [0.717, 1.165) is 17.7 Å². The molecule has 0 heterocycles. The average molecular weight is 229 g/mol. The van der Waals surface area contributed by atoms with E-state index in [1.807, 2.05) is 24.3 Å². The quantitative estimate of drug-likeness (QED) is 0.575. The van der Waals surface area contributed by atoms with Gasteiger partial charge in [0.05, 0.1) is 6.61 Å². The van der Waals surface area contributed by atoms with Crippen molar-refractivity contribution in [1.82, 2.24) is 0 Å². The highest BCUT2D eigenvalue weighted by Gasteiger charge is 2.02. The maximum atomic E-state index is 5.78. The molecule has 4 N–H and O–H groups in total. The smallest absolute Gasteiger partial charge is 0.119 e. The minimum Gasteiger partial charge on any atom is -0.494 e. The molecule has 0 aliphatic rings. The van der Waals surface area contributed by atoms with E-state index < -0.39 is 0 Å². The topological polar surface area (TPSA) is 61.3 Å². The van der Waals surface area contributed by atoms with Crippen LogP contribution in [0, 0.1) is 0 Å². The Kier molecular flexibility index (Phi) is 5.47. The normalized spacial score (nSPS) is 12.5. The summed E-state index contributed by atoms with van der Waals surface area (Å²) in [6, 6.07) is 7.58. The summed E-state index contributed by atoms with van der Waals surface area (Å²) >= 11 is 5.54. The number of rotatable bonds is 6. The van der Waals surface area contributed by atoms with Crippen LogP contribution in [-0.2, 0) is 0 Å². The summed E-state index contributed by atoms with van der Waals surface area (Å²) in [5.41, 5.74) is 12.3. The Labute approximate surface area is 95.4 Å². The third kappa shape index (κ3) is 4.08. The maximum Gasteiger partial charge on any atom is 0.119 e. The predicted octanol–water partition coefficient (Wildman–Crippen LogP) is 1.65. The first-order chi connectivity index (χ1) is 7.27. The summed E-state index contributed by atoms with van der Waals surface area (Å²) in [6.45, 7) is 1.10. The second-order valence-electron chi connectivity index (χ2n) is 3.30. The van der Waals surface area contributed by atoms with Crippen molar-refractivity contribution in [3.8, 4) is 5.75 Å². The number of ether oxygens (including phenoxy) is 1. The predicted molar refractivity (Wildman–Crippen MR) is 63.3 cm³/mol. The van der Waals surface area contributed by atoms with Crippen LogP contribution in [0.15, 0.2) is 24.3 Å². The van der Waals surface area contributed by atoms with Gasteiger partial charge in [-0.15, -0.1) is 11.6 Å². The van der Waals surface area contributed by atoms with Crippen molar-refractivity contribution in [2.45, 2.75) is 12.5 Å². The lowest BCUT2D eigenvalue weighted by Gasteiger charge is -2.10. The van der Waals surface area contributed by atoms with Crippen molar-refractivity contribution in [2.75, 3.05) is 19.0 Å². The van der Waals surface area contributed by atoms with Gasteiger partial charge in [0.25, 0.3) is 0 Å². The van der Waals surface area contributed by atoms with E-state index in [-0.39, 0.29) is 6.04 Å². The Morgan fingerprint density at radius 2 is 1.93 bits per heavy atom. The second-order valence-corrected chi connectivity index (χ2v) is 3.68. The van der Waals surface area contributed by atoms with E-state index in [1.165, 1.54) is 0 Å². The minimum absolute atomic E-state index is 0.0955. The van der Waals surface area contributed by atoms with Gasteiger partial charge < -0.3 is 16.2 Å². The van der Waals surface area contributed by atoms with Gasteiger partial charge >= 0.3 is 0 Å². The molecule has 0 aromatic heterocycles. The lowest BCUT2D eigenvalue weighted by Crippen LogP contribution is -2.20. The van der Waals surface area contributed by atoms with Crippen LogP contribution in [0.1, 0.15) is 18.0 Å². The van der Waals surface area contributed by atoms with Crippen LogP contribution in [0.3, 0.4) is 0 Å². The molecule has 15 heavy (non-hydrogen) atoms. The van der Waals surface area contributed by atoms with E-state index >= 15 is 0 Å². The maximum absolute atomic E-state index is 5.78. The zero-order valence-electron chi connectivity index (χ0n) is 8.66. The highest BCUT2D eigenvalue weighted by atomic mass is 35.5. The van der Waals surface area contributed by atoms with Crippen LogP contribution in [0.2, 0.25) is 0 Å². The SMILES string of the molecule is NC[C@H](N)c1ccc(OCCCCl)cc1. The monoisotopic (exact) mass is 228 g/mol. The Morgan fingerprint density at radius 1 is 1.27 bits per heavy atom. The molecule has 0 bridgehead atoms. The Morgan fingerprint density at radius 3 is 2.47 bits per heavy atom. The molecule has 0 radical (unpaired) electrons. The second kappa shape index (κ2) is 6.67. The summed E-state index contributed by atoms with van der Waals surface area (Å²) in [5.74, 6) is 1.46. The van der Waals surface area contributed by atoms with Crippen LogP contribution < -0.4 is 16.2 Å². The molecule has 0 spiro atoms. The van der Waals surface area contributed by atoms with Gasteiger partial charge in [-0.3, -0.25) is 0 Å². The van der Waals surface area contributed by atoms with Crippen LogP contribution >= 0.6 is 11.6 Å². The first-order valence-electron chi connectivity index (χ1n) is 5.02. The number of alkyl halides is 1. The van der Waals surface area contributed by atoms with Gasteiger partial charge in [-0.2, -0.15) is 0 Å². The molecule has 84 valence electrons. The van der Waals surface area contributed by atoms with E-state index in [4.69, 9.17) is 27.8 Å². The molecule has 0 amide bonds. The van der Waals surface area contributed by atoms with Crippen molar-refractivity contribution in [3.63, 3.8) is 0 Å². The van der Waals surface area contributed by atoms with Crippen molar-refractivity contribution in [3.05, 3.63) is 29.8 Å². The first-order valence-corrected chi connectivity index (χ1v) is 5.55. The molecule has 0 saturated heterocycles. The average Bonchev–Trinajstić information content (AvgIpc) is 2.29. The number of hydrogen-bond acceptors (Lipinski definition) is 3. The summed E-state index contributed by atoms with van der Waals surface area (Å²) in [5, 5.41) is 0. The zero-order valence-corrected chi connectivity index (χ0v) is 9.41. The minimum atomic E-state index is -0.0955. The molecule has 0 aliphatic heterocycles. The molecule has 1 aromatic carbocycles. The molecule has 1 rings (SSSR count). The molecular formula is C11H17ClN2O. The highest BCUT2D eigenvalue weighted by Crippen LogP contribution is 2.15. The van der Waals surface area contributed by atoms with Crippen molar-refractivity contribution in [2.24, 2.45) is 11.5 Å². The van der Waals surface area contributed by atoms with Gasteiger partial charge in [-0.05, 0) is 24.1 Å². The molecule has 3 nitrogen and oxygen atoms in total. The summed E-state index contributed by atoms with van der Waals surface area (Å²) in [7, 11) is 0. The summed E-state index contributed by atoms with van der Waals surface area (Å²) in [4.78, 5) is 0. The third-order valence-electron chi connectivity index (χ3n) is 2.11. The largest absolute Gasteiger partial charge is 0.494 e. The molecule has 0 aliphatic carbocycles. The highest BCUT2D eigenvalue weighted by molar-refractivity contribution is 6.17. The van der Waals surface area contributed by atoms with Crippen LogP contribution in [0.5, 0.6) is 5.75 Å². The van der Waals surface area contributed by atoms with Crippen LogP contribution in [0.4, 0.5) is 0 Å². The van der Waals surface area contributed by atoms with Crippen molar-refractivity contribution >= 4 is 11.6 Å². The van der Waals surface area contributed by atoms with Crippen molar-refractivity contribution < 1.29 is 4.74 Å². The van der Waals surface area contributed by atoms with Gasteiger partial charge in [0.1, 0.15) is 5.75 Å². The number of hydrogen-bond donors (Lipinski definition) is 2. The molecule has 0 fully saturated rings. The van der Waals surface area contributed by atoms with Gasteiger partial charge in [0.15, 0.2) is 0 Å². The Bertz CT molecular complexity index is 276. The molecule has 4 heteroatoms. The van der Waals surface area contributed by atoms with E-state index in [2.05, 4.69) is 0 Å². The first kappa shape index (κ1) is 12.3. The van der Waals surface area contributed by atoms with E-state index in [0.29, 0.717) is 19.0 Å². The Hall–Kier alpha value is -0.770. The fourth-order valence-corrected chi connectivity index (χ4v) is 1.30. The van der Waals surface area contributed by atoms with Crippen LogP contribution in [-0.4, -0.2) is 19.0 Å². The lowest BCUT2D eigenvalue weighted by molar-refractivity contribution is 0.318. The third-order valence-corrected chi connectivity index (χ3v) is 2.38.